The van der Waals surface area contributed by atoms with Crippen LogP contribution in [0.2, 0.25) is 0 Å². The molecule has 3 N–H and O–H groups in total. The van der Waals surface area contributed by atoms with Crippen LogP contribution >= 0.6 is 15.9 Å². The summed E-state index contributed by atoms with van der Waals surface area (Å²) in [5.74, 6) is 0. The Hall–Kier alpha value is -0.750. The third kappa shape index (κ3) is 1.94. The molecule has 0 bridgehead atoms. The highest BCUT2D eigenvalue weighted by molar-refractivity contribution is 9.10. The molecule has 0 aliphatic rings. The van der Waals surface area contributed by atoms with Gasteiger partial charge in [0.25, 0.3) is 6.43 Å². The van der Waals surface area contributed by atoms with E-state index in [0.717, 1.165) is 0 Å². The number of rotatable bonds is 2. The van der Waals surface area contributed by atoms with Crippen molar-refractivity contribution in [2.75, 3.05) is 5.73 Å². The van der Waals surface area contributed by atoms with Gasteiger partial charge in [-0.25, -0.2) is 8.78 Å². The van der Waals surface area contributed by atoms with Gasteiger partial charge in [0.1, 0.15) is 0 Å². The molecule has 0 radical (unpaired) electrons. The van der Waals surface area contributed by atoms with Crippen LogP contribution in [0.15, 0.2) is 10.7 Å². The molecule has 0 atom stereocenters. The third-order valence-electron chi connectivity index (χ3n) is 1.56. The number of nitrogens with zero attached hydrogens (tertiary/aromatic N) is 1. The second-order valence-electron chi connectivity index (χ2n) is 2.34. The molecule has 1 rings (SSSR count). The molecule has 1 aromatic rings. The Balaban J connectivity index is 3.32. The van der Waals surface area contributed by atoms with E-state index in [-0.39, 0.29) is 11.4 Å². The lowest BCUT2D eigenvalue weighted by Gasteiger charge is -2.09. The summed E-state index contributed by atoms with van der Waals surface area (Å²) in [6.07, 6.45) is -1.45. The third-order valence-corrected chi connectivity index (χ3v) is 2.19. The molecule has 1 aromatic heterocycles. The Morgan fingerprint density at radius 1 is 1.62 bits per heavy atom. The highest BCUT2D eigenvalue weighted by atomic mass is 79.9. The molecule has 3 nitrogen and oxygen atoms in total. The van der Waals surface area contributed by atoms with Crippen LogP contribution in [0, 0.1) is 0 Å². The average Bonchev–Trinajstić information content (AvgIpc) is 2.08. The summed E-state index contributed by atoms with van der Waals surface area (Å²) in [4.78, 5) is 3.62. The number of halogens is 3. The van der Waals surface area contributed by atoms with Gasteiger partial charge >= 0.3 is 0 Å². The quantitative estimate of drug-likeness (QED) is 0.845. The first-order valence-corrected chi connectivity index (χ1v) is 4.19. The van der Waals surface area contributed by atoms with E-state index >= 15 is 0 Å². The first-order valence-electron chi connectivity index (χ1n) is 3.39. The van der Waals surface area contributed by atoms with Gasteiger partial charge in [0, 0.05) is 6.20 Å². The zero-order chi connectivity index (χ0) is 10.0. The van der Waals surface area contributed by atoms with Crippen molar-refractivity contribution in [3.8, 4) is 0 Å². The number of hydrogen-bond acceptors (Lipinski definition) is 3. The number of nitrogen functional groups attached to an aromatic ring is 1. The Morgan fingerprint density at radius 3 is 2.69 bits per heavy atom. The van der Waals surface area contributed by atoms with Crippen molar-refractivity contribution in [2.24, 2.45) is 0 Å². The molecule has 0 saturated heterocycles. The summed E-state index contributed by atoms with van der Waals surface area (Å²) in [6.45, 7) is -0.544. The Labute approximate surface area is 81.7 Å². The molecule has 0 fully saturated rings. The van der Waals surface area contributed by atoms with Crippen molar-refractivity contribution in [1.29, 1.82) is 0 Å². The normalized spacial score (nSPS) is 10.8. The predicted octanol–water partition coefficient (Wildman–Crippen LogP) is 1.86. The molecule has 0 spiro atoms. The highest BCUT2D eigenvalue weighted by Crippen LogP contribution is 2.32. The zero-order valence-corrected chi connectivity index (χ0v) is 8.05. The van der Waals surface area contributed by atoms with E-state index < -0.39 is 18.6 Å². The summed E-state index contributed by atoms with van der Waals surface area (Å²) in [5, 5.41) is 8.72. The van der Waals surface area contributed by atoms with Gasteiger partial charge in [0.15, 0.2) is 0 Å². The lowest BCUT2D eigenvalue weighted by Crippen LogP contribution is -2.04. The predicted molar refractivity (Wildman–Crippen MR) is 47.2 cm³/mol. The van der Waals surface area contributed by atoms with Crippen LogP contribution in [0.3, 0.4) is 0 Å². The van der Waals surface area contributed by atoms with Gasteiger partial charge < -0.3 is 10.8 Å². The minimum absolute atomic E-state index is 0.0750. The van der Waals surface area contributed by atoms with Gasteiger partial charge in [-0.15, -0.1) is 0 Å². The van der Waals surface area contributed by atoms with Gasteiger partial charge in [0.2, 0.25) is 0 Å². The largest absolute Gasteiger partial charge is 0.397 e. The van der Waals surface area contributed by atoms with Crippen molar-refractivity contribution < 1.29 is 13.9 Å². The molecule has 0 amide bonds. The maximum atomic E-state index is 12.4. The maximum absolute atomic E-state index is 12.4. The highest BCUT2D eigenvalue weighted by Gasteiger charge is 2.19. The van der Waals surface area contributed by atoms with E-state index in [4.69, 9.17) is 10.8 Å². The lowest BCUT2D eigenvalue weighted by molar-refractivity contribution is 0.147. The van der Waals surface area contributed by atoms with Crippen LogP contribution in [-0.4, -0.2) is 10.1 Å². The van der Waals surface area contributed by atoms with Crippen molar-refractivity contribution in [3.05, 3.63) is 21.9 Å². The molecule has 72 valence electrons. The number of aromatic nitrogens is 1. The molecular formula is C7H7BrF2N2O. The fraction of sp³-hybridized carbons (Fsp3) is 0.286. The van der Waals surface area contributed by atoms with Crippen LogP contribution in [0.4, 0.5) is 14.5 Å². The SMILES string of the molecule is Nc1c(Br)cnc(CO)c1C(F)F. The van der Waals surface area contributed by atoms with Gasteiger partial charge in [-0.05, 0) is 15.9 Å². The topological polar surface area (TPSA) is 59.1 Å². The first-order chi connectivity index (χ1) is 6.07. The maximum Gasteiger partial charge on any atom is 0.267 e. The summed E-state index contributed by atoms with van der Waals surface area (Å²) in [7, 11) is 0. The van der Waals surface area contributed by atoms with Crippen LogP contribution in [0.5, 0.6) is 0 Å². The Kier molecular flexibility index (Phi) is 3.16. The molecule has 0 aliphatic heterocycles. The lowest BCUT2D eigenvalue weighted by atomic mass is 10.1. The second kappa shape index (κ2) is 3.97. The van der Waals surface area contributed by atoms with Crippen molar-refractivity contribution in [3.63, 3.8) is 0 Å². The molecule has 0 saturated carbocycles. The number of nitrogens with two attached hydrogens (primary N) is 1. The minimum Gasteiger partial charge on any atom is -0.397 e. The van der Waals surface area contributed by atoms with Crippen LogP contribution in [0.25, 0.3) is 0 Å². The summed E-state index contributed by atoms with van der Waals surface area (Å²) in [6, 6.07) is 0. The molecule has 0 unspecified atom stereocenters. The fourth-order valence-electron chi connectivity index (χ4n) is 0.927. The fourth-order valence-corrected chi connectivity index (χ4v) is 1.24. The molecule has 0 aliphatic carbocycles. The standard InChI is InChI=1S/C7H7BrF2N2O/c8-3-1-12-4(2-13)5(6(3)11)7(9)10/h1,7,13H,2H2,(H2,11,12). The van der Waals surface area contributed by atoms with Crippen LogP contribution in [-0.2, 0) is 6.61 Å². The van der Waals surface area contributed by atoms with Gasteiger partial charge in [-0.1, -0.05) is 0 Å². The monoisotopic (exact) mass is 252 g/mol. The molecule has 1 heterocycles. The molecule has 0 aromatic carbocycles. The van der Waals surface area contributed by atoms with Crippen LogP contribution in [0.1, 0.15) is 17.7 Å². The van der Waals surface area contributed by atoms with Gasteiger partial charge in [-0.2, -0.15) is 0 Å². The number of hydrogen-bond donors (Lipinski definition) is 2. The molecular weight excluding hydrogens is 246 g/mol. The van der Waals surface area contributed by atoms with E-state index in [9.17, 15) is 8.78 Å². The summed E-state index contributed by atoms with van der Waals surface area (Å²) < 4.78 is 25.1. The van der Waals surface area contributed by atoms with E-state index in [2.05, 4.69) is 20.9 Å². The molecule has 13 heavy (non-hydrogen) atoms. The van der Waals surface area contributed by atoms with E-state index in [1.807, 2.05) is 0 Å². The summed E-state index contributed by atoms with van der Waals surface area (Å²) >= 11 is 2.98. The van der Waals surface area contributed by atoms with E-state index in [0.29, 0.717) is 4.47 Å². The number of pyridine rings is 1. The molecule has 6 heteroatoms. The van der Waals surface area contributed by atoms with E-state index in [1.165, 1.54) is 6.20 Å². The van der Waals surface area contributed by atoms with Crippen molar-refractivity contribution in [1.82, 2.24) is 4.98 Å². The first kappa shape index (κ1) is 10.3. The number of aliphatic hydroxyl groups is 1. The zero-order valence-electron chi connectivity index (χ0n) is 6.47. The van der Waals surface area contributed by atoms with E-state index in [1.54, 1.807) is 0 Å². The second-order valence-corrected chi connectivity index (χ2v) is 3.19. The summed E-state index contributed by atoms with van der Waals surface area (Å²) in [5.41, 5.74) is 4.81. The van der Waals surface area contributed by atoms with Gasteiger partial charge in [0.05, 0.1) is 28.0 Å². The average molecular weight is 253 g/mol. The number of anilines is 1. The van der Waals surface area contributed by atoms with Crippen LogP contribution < -0.4 is 5.73 Å². The van der Waals surface area contributed by atoms with Crippen molar-refractivity contribution in [2.45, 2.75) is 13.0 Å². The van der Waals surface area contributed by atoms with Gasteiger partial charge in [-0.3, -0.25) is 4.98 Å². The Bertz CT molecular complexity index is 320. The number of aliphatic hydroxyl groups excluding tert-OH is 1. The van der Waals surface area contributed by atoms with Crippen molar-refractivity contribution >= 4 is 21.6 Å². The Morgan fingerprint density at radius 2 is 2.23 bits per heavy atom. The minimum atomic E-state index is -2.73. The smallest absolute Gasteiger partial charge is 0.267 e. The number of alkyl halides is 2.